The minimum Gasteiger partial charge on any atom is -0.464 e. The fourth-order valence-corrected chi connectivity index (χ4v) is 1.24. The Morgan fingerprint density at radius 1 is 1.33 bits per heavy atom. The Balaban J connectivity index is 2.68. The number of benzene rings is 1. The summed E-state index contributed by atoms with van der Waals surface area (Å²) in [6, 6.07) is 9.61. The molecule has 0 fully saturated rings. The Labute approximate surface area is 90.4 Å². The average Bonchev–Trinajstić information content (AvgIpc) is 2.19. The first kappa shape index (κ1) is 11.6. The number of nitrogens with one attached hydrogen (secondary N) is 1. The molecule has 1 N–H and O–H groups in total. The zero-order valence-electron chi connectivity index (χ0n) is 9.41. The molecule has 0 bridgehead atoms. The number of ether oxygens (including phenoxy) is 1. The number of hydrogen-bond donors (Lipinski definition) is 1. The maximum Gasteiger partial charge on any atom is 0.331 e. The topological polar surface area (TPSA) is 38.3 Å². The van der Waals surface area contributed by atoms with Crippen molar-refractivity contribution in [3.63, 3.8) is 0 Å². The van der Waals surface area contributed by atoms with Crippen molar-refractivity contribution in [3.05, 3.63) is 30.3 Å². The van der Waals surface area contributed by atoms with Crippen molar-refractivity contribution in [2.45, 2.75) is 26.3 Å². The minimum atomic E-state index is -0.697. The molecule has 3 heteroatoms. The van der Waals surface area contributed by atoms with Crippen molar-refractivity contribution in [3.8, 4) is 0 Å². The predicted molar refractivity (Wildman–Crippen MR) is 60.8 cm³/mol. The molecular weight excluding hydrogens is 190 g/mol. The van der Waals surface area contributed by atoms with Gasteiger partial charge in [-0.25, -0.2) is 4.79 Å². The largest absolute Gasteiger partial charge is 0.464 e. The molecule has 0 aliphatic carbocycles. The lowest BCUT2D eigenvalue weighted by molar-refractivity contribution is -0.147. The van der Waals surface area contributed by atoms with Gasteiger partial charge in [0.25, 0.3) is 0 Å². The van der Waals surface area contributed by atoms with Crippen LogP contribution in [-0.4, -0.2) is 18.1 Å². The molecule has 0 aliphatic heterocycles. The average molecular weight is 207 g/mol. The molecule has 0 saturated carbocycles. The molecular formula is C12H17NO2. The Bertz CT molecular complexity index is 320. The van der Waals surface area contributed by atoms with Crippen LogP contribution in [0, 0.1) is 0 Å². The highest BCUT2D eigenvalue weighted by molar-refractivity contribution is 5.83. The number of anilines is 1. The Morgan fingerprint density at radius 3 is 2.47 bits per heavy atom. The molecule has 0 aromatic heterocycles. The van der Waals surface area contributed by atoms with Crippen molar-refractivity contribution in [2.24, 2.45) is 0 Å². The summed E-state index contributed by atoms with van der Waals surface area (Å²) in [5.41, 5.74) is 0.215. The smallest absolute Gasteiger partial charge is 0.331 e. The first-order valence-corrected chi connectivity index (χ1v) is 5.06. The third kappa shape index (κ3) is 3.27. The number of esters is 1. The van der Waals surface area contributed by atoms with E-state index in [0.29, 0.717) is 6.61 Å². The van der Waals surface area contributed by atoms with Crippen LogP contribution >= 0.6 is 0 Å². The molecule has 0 saturated heterocycles. The summed E-state index contributed by atoms with van der Waals surface area (Å²) < 4.78 is 4.98. The molecule has 0 spiro atoms. The first-order valence-electron chi connectivity index (χ1n) is 5.06. The lowest BCUT2D eigenvalue weighted by Crippen LogP contribution is -2.41. The van der Waals surface area contributed by atoms with Crippen LogP contribution in [0.2, 0.25) is 0 Å². The molecule has 0 heterocycles. The molecule has 0 aliphatic rings. The SMILES string of the molecule is CCOC(=O)C(C)(C)Nc1ccccc1. The summed E-state index contributed by atoms with van der Waals surface area (Å²) in [5.74, 6) is -0.242. The molecule has 0 atom stereocenters. The fourth-order valence-electron chi connectivity index (χ4n) is 1.24. The number of hydrogen-bond acceptors (Lipinski definition) is 3. The quantitative estimate of drug-likeness (QED) is 0.771. The minimum absolute atomic E-state index is 0.242. The lowest BCUT2D eigenvalue weighted by atomic mass is 10.1. The van der Waals surface area contributed by atoms with Gasteiger partial charge in [0.2, 0.25) is 0 Å². The van der Waals surface area contributed by atoms with E-state index < -0.39 is 5.54 Å². The van der Waals surface area contributed by atoms with Crippen LogP contribution in [0.4, 0.5) is 5.69 Å². The summed E-state index contributed by atoms with van der Waals surface area (Å²) in [6.07, 6.45) is 0. The second-order valence-electron chi connectivity index (χ2n) is 3.84. The van der Waals surface area contributed by atoms with E-state index in [1.807, 2.05) is 30.3 Å². The van der Waals surface area contributed by atoms with Gasteiger partial charge >= 0.3 is 5.97 Å². The standard InChI is InChI=1S/C12H17NO2/c1-4-15-11(14)12(2,3)13-10-8-6-5-7-9-10/h5-9,13H,4H2,1-3H3. The highest BCUT2D eigenvalue weighted by Crippen LogP contribution is 2.15. The van der Waals surface area contributed by atoms with Gasteiger partial charge in [0, 0.05) is 5.69 Å². The van der Waals surface area contributed by atoms with Crippen molar-refractivity contribution in [2.75, 3.05) is 11.9 Å². The maximum absolute atomic E-state index is 11.6. The zero-order chi connectivity index (χ0) is 11.3. The summed E-state index contributed by atoms with van der Waals surface area (Å²) >= 11 is 0. The van der Waals surface area contributed by atoms with Gasteiger partial charge in [0.1, 0.15) is 5.54 Å². The van der Waals surface area contributed by atoms with Crippen molar-refractivity contribution in [1.29, 1.82) is 0 Å². The van der Waals surface area contributed by atoms with E-state index in [2.05, 4.69) is 5.32 Å². The van der Waals surface area contributed by atoms with Crippen LogP contribution in [0.5, 0.6) is 0 Å². The fraction of sp³-hybridized carbons (Fsp3) is 0.417. The van der Waals surface area contributed by atoms with Crippen molar-refractivity contribution >= 4 is 11.7 Å². The summed E-state index contributed by atoms with van der Waals surface area (Å²) in [4.78, 5) is 11.6. The van der Waals surface area contributed by atoms with Gasteiger partial charge in [-0.2, -0.15) is 0 Å². The summed E-state index contributed by atoms with van der Waals surface area (Å²) in [6.45, 7) is 5.81. The molecule has 0 radical (unpaired) electrons. The molecule has 3 nitrogen and oxygen atoms in total. The van der Waals surface area contributed by atoms with Crippen LogP contribution in [0.1, 0.15) is 20.8 Å². The van der Waals surface area contributed by atoms with E-state index in [-0.39, 0.29) is 5.97 Å². The molecule has 0 unspecified atom stereocenters. The monoisotopic (exact) mass is 207 g/mol. The van der Waals surface area contributed by atoms with Gasteiger partial charge in [-0.1, -0.05) is 18.2 Å². The van der Waals surface area contributed by atoms with Gasteiger partial charge in [-0.05, 0) is 32.9 Å². The number of rotatable bonds is 4. The van der Waals surface area contributed by atoms with Crippen LogP contribution in [-0.2, 0) is 9.53 Å². The Hall–Kier alpha value is -1.51. The van der Waals surface area contributed by atoms with Crippen molar-refractivity contribution < 1.29 is 9.53 Å². The zero-order valence-corrected chi connectivity index (χ0v) is 9.41. The lowest BCUT2D eigenvalue weighted by Gasteiger charge is -2.24. The summed E-state index contributed by atoms with van der Waals surface area (Å²) in [5, 5.41) is 3.13. The van der Waals surface area contributed by atoms with Gasteiger partial charge in [0.05, 0.1) is 6.61 Å². The first-order chi connectivity index (χ1) is 7.06. The van der Waals surface area contributed by atoms with Gasteiger partial charge in [-0.15, -0.1) is 0 Å². The highest BCUT2D eigenvalue weighted by atomic mass is 16.5. The number of para-hydroxylation sites is 1. The second kappa shape index (κ2) is 4.82. The molecule has 82 valence electrons. The van der Waals surface area contributed by atoms with E-state index in [1.165, 1.54) is 0 Å². The van der Waals surface area contributed by atoms with Crippen molar-refractivity contribution in [1.82, 2.24) is 0 Å². The molecule has 1 aromatic rings. The van der Waals surface area contributed by atoms with E-state index in [0.717, 1.165) is 5.69 Å². The Kier molecular flexibility index (Phi) is 3.72. The van der Waals surface area contributed by atoms with Gasteiger partial charge < -0.3 is 10.1 Å². The summed E-state index contributed by atoms with van der Waals surface area (Å²) in [7, 11) is 0. The Morgan fingerprint density at radius 2 is 1.93 bits per heavy atom. The molecule has 1 aromatic carbocycles. The van der Waals surface area contributed by atoms with Gasteiger partial charge in [-0.3, -0.25) is 0 Å². The van der Waals surface area contributed by atoms with Crippen LogP contribution < -0.4 is 5.32 Å². The molecule has 1 rings (SSSR count). The molecule has 15 heavy (non-hydrogen) atoms. The van der Waals surface area contributed by atoms with Crippen LogP contribution in [0.15, 0.2) is 30.3 Å². The van der Waals surface area contributed by atoms with E-state index in [9.17, 15) is 4.79 Å². The maximum atomic E-state index is 11.6. The second-order valence-corrected chi connectivity index (χ2v) is 3.84. The van der Waals surface area contributed by atoms with E-state index in [1.54, 1.807) is 20.8 Å². The third-order valence-electron chi connectivity index (χ3n) is 2.02. The molecule has 0 amide bonds. The number of carbonyl (C=O) groups excluding carboxylic acids is 1. The predicted octanol–water partition coefficient (Wildman–Crippen LogP) is 2.44. The highest BCUT2D eigenvalue weighted by Gasteiger charge is 2.28. The van der Waals surface area contributed by atoms with Crippen LogP contribution in [0.25, 0.3) is 0 Å². The van der Waals surface area contributed by atoms with Gasteiger partial charge in [0.15, 0.2) is 0 Å². The third-order valence-corrected chi connectivity index (χ3v) is 2.02. The number of carbonyl (C=O) groups is 1. The van der Waals surface area contributed by atoms with Crippen LogP contribution in [0.3, 0.4) is 0 Å². The normalized spacial score (nSPS) is 10.9. The van der Waals surface area contributed by atoms with E-state index >= 15 is 0 Å². The van der Waals surface area contributed by atoms with E-state index in [4.69, 9.17) is 4.74 Å².